The van der Waals surface area contributed by atoms with Crippen LogP contribution in [-0.4, -0.2) is 6.54 Å². The van der Waals surface area contributed by atoms with Gasteiger partial charge in [0.05, 0.1) is 11.3 Å². The van der Waals surface area contributed by atoms with Crippen LogP contribution in [0.15, 0.2) is 18.2 Å². The number of hydrogen-bond donors (Lipinski definition) is 1. The van der Waals surface area contributed by atoms with Gasteiger partial charge in [-0.25, -0.2) is 4.39 Å². The van der Waals surface area contributed by atoms with Crippen LogP contribution < -0.4 is 5.32 Å². The Morgan fingerprint density at radius 3 is 2.12 bits per heavy atom. The molecule has 0 saturated heterocycles. The van der Waals surface area contributed by atoms with Crippen molar-refractivity contribution in [3.8, 4) is 0 Å². The first-order valence-corrected chi connectivity index (χ1v) is 5.20. The molecule has 0 bridgehead atoms. The molecule has 1 N–H and O–H groups in total. The van der Waals surface area contributed by atoms with Crippen molar-refractivity contribution in [2.24, 2.45) is 5.41 Å². The molecule has 0 atom stereocenters. The summed E-state index contributed by atoms with van der Waals surface area (Å²) in [5.74, 6) is -0.885. The highest BCUT2D eigenvalue weighted by atomic mass is 19.4. The van der Waals surface area contributed by atoms with Gasteiger partial charge in [0.1, 0.15) is 5.82 Å². The first-order chi connectivity index (χ1) is 7.59. The molecule has 0 aliphatic carbocycles. The lowest BCUT2D eigenvalue weighted by molar-refractivity contribution is -0.137. The minimum Gasteiger partial charge on any atom is -0.382 e. The number of nitrogens with one attached hydrogen (secondary N) is 1. The molecular formula is C12H15F4N. The Bertz CT molecular complexity index is 390. The third-order valence-corrected chi connectivity index (χ3v) is 2.11. The minimum absolute atomic E-state index is 0.0743. The highest BCUT2D eigenvalue weighted by Crippen LogP contribution is 2.31. The zero-order valence-corrected chi connectivity index (χ0v) is 9.95. The van der Waals surface area contributed by atoms with Crippen molar-refractivity contribution in [3.63, 3.8) is 0 Å². The lowest BCUT2D eigenvalue weighted by Gasteiger charge is -2.20. The van der Waals surface area contributed by atoms with E-state index in [0.29, 0.717) is 12.6 Å². The van der Waals surface area contributed by atoms with Gasteiger partial charge in [-0.15, -0.1) is 0 Å². The van der Waals surface area contributed by atoms with Crippen LogP contribution in [0.1, 0.15) is 26.3 Å². The Morgan fingerprint density at radius 1 is 1.12 bits per heavy atom. The van der Waals surface area contributed by atoms with Crippen LogP contribution in [0.3, 0.4) is 0 Å². The van der Waals surface area contributed by atoms with Gasteiger partial charge in [0.15, 0.2) is 0 Å². The molecule has 17 heavy (non-hydrogen) atoms. The molecule has 1 nitrogen and oxygen atoms in total. The quantitative estimate of drug-likeness (QED) is 0.770. The maximum absolute atomic E-state index is 13.4. The topological polar surface area (TPSA) is 12.0 Å². The lowest BCUT2D eigenvalue weighted by Crippen LogP contribution is -2.19. The first kappa shape index (κ1) is 13.8. The van der Waals surface area contributed by atoms with Crippen molar-refractivity contribution in [2.45, 2.75) is 26.9 Å². The zero-order valence-electron chi connectivity index (χ0n) is 9.95. The van der Waals surface area contributed by atoms with E-state index in [1.165, 1.54) is 0 Å². The van der Waals surface area contributed by atoms with Gasteiger partial charge in [-0.05, 0) is 23.6 Å². The van der Waals surface area contributed by atoms with Crippen LogP contribution in [0.4, 0.5) is 23.2 Å². The van der Waals surface area contributed by atoms with Crippen LogP contribution in [0.25, 0.3) is 0 Å². The number of alkyl halides is 3. The monoisotopic (exact) mass is 249 g/mol. The average molecular weight is 249 g/mol. The molecule has 0 aromatic heterocycles. The molecule has 0 spiro atoms. The van der Waals surface area contributed by atoms with Crippen molar-refractivity contribution >= 4 is 5.69 Å². The van der Waals surface area contributed by atoms with Crippen LogP contribution in [0, 0.1) is 11.2 Å². The molecule has 0 unspecified atom stereocenters. The predicted octanol–water partition coefficient (Wildman–Crippen LogP) is 4.30. The Kier molecular flexibility index (Phi) is 3.69. The second-order valence-electron chi connectivity index (χ2n) is 5.11. The molecular weight excluding hydrogens is 234 g/mol. The van der Waals surface area contributed by atoms with Gasteiger partial charge < -0.3 is 5.32 Å². The van der Waals surface area contributed by atoms with E-state index >= 15 is 0 Å². The molecule has 0 heterocycles. The van der Waals surface area contributed by atoms with E-state index in [-0.39, 0.29) is 11.1 Å². The van der Waals surface area contributed by atoms with E-state index < -0.39 is 17.6 Å². The summed E-state index contributed by atoms with van der Waals surface area (Å²) >= 11 is 0. The number of benzene rings is 1. The fourth-order valence-electron chi connectivity index (χ4n) is 1.20. The van der Waals surface area contributed by atoms with Gasteiger partial charge in [0.2, 0.25) is 0 Å². The van der Waals surface area contributed by atoms with Gasteiger partial charge in [-0.3, -0.25) is 0 Å². The number of hydrogen-bond acceptors (Lipinski definition) is 1. The molecule has 5 heteroatoms. The third kappa shape index (κ3) is 4.24. The SMILES string of the molecule is CC(C)(C)CNc1ccc(C(F)(F)F)cc1F. The second kappa shape index (κ2) is 4.55. The summed E-state index contributed by atoms with van der Waals surface area (Å²) in [4.78, 5) is 0. The average Bonchev–Trinajstić information content (AvgIpc) is 2.12. The van der Waals surface area contributed by atoms with E-state index in [1.807, 2.05) is 20.8 Å². The zero-order chi connectivity index (χ0) is 13.3. The van der Waals surface area contributed by atoms with E-state index in [0.717, 1.165) is 12.1 Å². The maximum atomic E-state index is 13.4. The van der Waals surface area contributed by atoms with Crippen LogP contribution in [-0.2, 0) is 6.18 Å². The molecule has 0 amide bonds. The molecule has 0 radical (unpaired) electrons. The second-order valence-corrected chi connectivity index (χ2v) is 5.11. The highest BCUT2D eigenvalue weighted by Gasteiger charge is 2.31. The predicted molar refractivity (Wildman–Crippen MR) is 59.3 cm³/mol. The summed E-state index contributed by atoms with van der Waals surface area (Å²) in [6.45, 7) is 6.32. The van der Waals surface area contributed by atoms with Gasteiger partial charge in [-0.1, -0.05) is 20.8 Å². The van der Waals surface area contributed by atoms with Gasteiger partial charge >= 0.3 is 6.18 Å². The van der Waals surface area contributed by atoms with E-state index in [9.17, 15) is 17.6 Å². The number of halogens is 4. The Hall–Kier alpha value is -1.26. The molecule has 0 fully saturated rings. The van der Waals surface area contributed by atoms with Crippen LogP contribution >= 0.6 is 0 Å². The van der Waals surface area contributed by atoms with Crippen molar-refractivity contribution in [2.75, 3.05) is 11.9 Å². The molecule has 1 aromatic carbocycles. The van der Waals surface area contributed by atoms with Crippen molar-refractivity contribution < 1.29 is 17.6 Å². The van der Waals surface area contributed by atoms with E-state index in [1.54, 1.807) is 0 Å². The van der Waals surface area contributed by atoms with Crippen molar-refractivity contribution in [1.82, 2.24) is 0 Å². The smallest absolute Gasteiger partial charge is 0.382 e. The lowest BCUT2D eigenvalue weighted by atomic mass is 9.97. The van der Waals surface area contributed by atoms with Crippen LogP contribution in [0.2, 0.25) is 0 Å². The summed E-state index contributed by atoms with van der Waals surface area (Å²) in [7, 11) is 0. The first-order valence-electron chi connectivity index (χ1n) is 5.20. The molecule has 0 aliphatic heterocycles. The van der Waals surface area contributed by atoms with Gasteiger partial charge in [-0.2, -0.15) is 13.2 Å². The van der Waals surface area contributed by atoms with Crippen LogP contribution in [0.5, 0.6) is 0 Å². The third-order valence-electron chi connectivity index (χ3n) is 2.11. The maximum Gasteiger partial charge on any atom is 0.416 e. The minimum atomic E-state index is -4.51. The molecule has 96 valence electrons. The summed E-state index contributed by atoms with van der Waals surface area (Å²) in [6, 6.07) is 2.49. The normalized spacial score (nSPS) is 12.6. The Balaban J connectivity index is 2.84. The molecule has 1 rings (SSSR count). The van der Waals surface area contributed by atoms with E-state index in [4.69, 9.17) is 0 Å². The molecule has 0 aliphatic rings. The fourth-order valence-corrected chi connectivity index (χ4v) is 1.20. The van der Waals surface area contributed by atoms with E-state index in [2.05, 4.69) is 5.32 Å². The standard InChI is InChI=1S/C12H15F4N/c1-11(2,3)7-17-10-5-4-8(6-9(10)13)12(14,15)16/h4-6,17H,7H2,1-3H3. The van der Waals surface area contributed by atoms with Gasteiger partial charge in [0, 0.05) is 6.54 Å². The Morgan fingerprint density at radius 2 is 1.71 bits per heavy atom. The number of anilines is 1. The number of rotatable bonds is 2. The molecule has 0 saturated carbocycles. The Labute approximate surface area is 97.8 Å². The largest absolute Gasteiger partial charge is 0.416 e. The van der Waals surface area contributed by atoms with Gasteiger partial charge in [0.25, 0.3) is 0 Å². The summed E-state index contributed by atoms with van der Waals surface area (Å²) in [5.41, 5.74) is -0.959. The highest BCUT2D eigenvalue weighted by molar-refractivity contribution is 5.47. The molecule has 1 aromatic rings. The summed E-state index contributed by atoms with van der Waals surface area (Å²) < 4.78 is 50.3. The van der Waals surface area contributed by atoms with Crippen molar-refractivity contribution in [1.29, 1.82) is 0 Å². The summed E-state index contributed by atoms with van der Waals surface area (Å²) in [5, 5.41) is 2.79. The summed E-state index contributed by atoms with van der Waals surface area (Å²) in [6.07, 6.45) is -4.51. The van der Waals surface area contributed by atoms with Crippen molar-refractivity contribution in [3.05, 3.63) is 29.6 Å². The fraction of sp³-hybridized carbons (Fsp3) is 0.500.